The normalized spacial score (nSPS) is 11.9. The van der Waals surface area contributed by atoms with Crippen LogP contribution in [0.3, 0.4) is 0 Å². The molecule has 0 spiro atoms. The Kier molecular flexibility index (Phi) is 4.43. The Balaban J connectivity index is 2.81. The van der Waals surface area contributed by atoms with Crippen molar-refractivity contribution in [1.29, 1.82) is 0 Å². The van der Waals surface area contributed by atoms with Gasteiger partial charge in [0.05, 0.1) is 12.1 Å². The number of ether oxygens (including phenoxy) is 1. The number of nitrogens with one attached hydrogen (secondary N) is 1. The van der Waals surface area contributed by atoms with Crippen LogP contribution in [0.1, 0.15) is 13.3 Å². The van der Waals surface area contributed by atoms with Crippen LogP contribution in [0.25, 0.3) is 0 Å². The molecule has 0 aliphatic rings. The molecule has 16 heavy (non-hydrogen) atoms. The second kappa shape index (κ2) is 5.61. The van der Waals surface area contributed by atoms with Crippen molar-refractivity contribution in [3.05, 3.63) is 23.2 Å². The Bertz CT molecular complexity index is 381. The number of aliphatic carboxylic acids is 1. The lowest BCUT2D eigenvalue weighted by atomic mass is 10.2. The Morgan fingerprint density at radius 2 is 2.31 bits per heavy atom. The molecule has 0 aliphatic heterocycles. The highest BCUT2D eigenvalue weighted by atomic mass is 35.5. The van der Waals surface area contributed by atoms with Gasteiger partial charge in [0.15, 0.2) is 0 Å². The van der Waals surface area contributed by atoms with Gasteiger partial charge in [-0.15, -0.1) is 0 Å². The topological polar surface area (TPSA) is 58.6 Å². The quantitative estimate of drug-likeness (QED) is 0.835. The summed E-state index contributed by atoms with van der Waals surface area (Å²) in [6, 6.07) is 4.46. The minimum Gasteiger partial charge on any atom is -0.495 e. The summed E-state index contributed by atoms with van der Waals surface area (Å²) < 4.78 is 5.00. The van der Waals surface area contributed by atoms with E-state index in [1.165, 1.54) is 7.11 Å². The first-order valence-corrected chi connectivity index (χ1v) is 5.29. The van der Waals surface area contributed by atoms with E-state index in [9.17, 15) is 4.79 Å². The van der Waals surface area contributed by atoms with Crippen LogP contribution in [0.4, 0.5) is 5.69 Å². The van der Waals surface area contributed by atoms with E-state index in [1.807, 2.05) is 0 Å². The molecule has 1 aromatic rings. The number of hydrogen-bond donors (Lipinski definition) is 2. The summed E-state index contributed by atoms with van der Waals surface area (Å²) in [6.07, 6.45) is 0.499. The van der Waals surface area contributed by atoms with Gasteiger partial charge in [-0.3, -0.25) is 0 Å². The molecule has 0 fully saturated rings. The summed E-state index contributed by atoms with van der Waals surface area (Å²) in [4.78, 5) is 10.8. The summed E-state index contributed by atoms with van der Waals surface area (Å²) in [5.74, 6) is -0.315. The third-order valence-corrected chi connectivity index (χ3v) is 2.49. The van der Waals surface area contributed by atoms with Crippen LogP contribution in [0, 0.1) is 0 Å². The second-order valence-corrected chi connectivity index (χ2v) is 3.70. The van der Waals surface area contributed by atoms with Crippen molar-refractivity contribution in [2.45, 2.75) is 19.4 Å². The number of halogens is 1. The first-order valence-electron chi connectivity index (χ1n) is 4.91. The largest absolute Gasteiger partial charge is 0.495 e. The fraction of sp³-hybridized carbons (Fsp3) is 0.364. The predicted molar refractivity (Wildman–Crippen MR) is 63.3 cm³/mol. The Morgan fingerprint density at radius 3 is 2.75 bits per heavy atom. The van der Waals surface area contributed by atoms with Crippen LogP contribution < -0.4 is 10.1 Å². The number of benzene rings is 1. The minimum atomic E-state index is -0.880. The van der Waals surface area contributed by atoms with Crippen molar-refractivity contribution in [2.24, 2.45) is 0 Å². The van der Waals surface area contributed by atoms with Crippen molar-refractivity contribution in [3.63, 3.8) is 0 Å². The van der Waals surface area contributed by atoms with Crippen LogP contribution in [0.2, 0.25) is 5.02 Å². The molecule has 5 heteroatoms. The first-order chi connectivity index (χ1) is 7.58. The van der Waals surface area contributed by atoms with Gasteiger partial charge in [0, 0.05) is 5.69 Å². The van der Waals surface area contributed by atoms with E-state index in [-0.39, 0.29) is 0 Å². The molecule has 88 valence electrons. The second-order valence-electron chi connectivity index (χ2n) is 3.29. The predicted octanol–water partition coefficient (Wildman–Crippen LogP) is 2.62. The highest BCUT2D eigenvalue weighted by Crippen LogP contribution is 2.27. The molecule has 2 N–H and O–H groups in total. The SMILES string of the molecule is CCC(Nc1ccc(OC)c(Cl)c1)C(=O)O. The van der Waals surface area contributed by atoms with Crippen molar-refractivity contribution in [1.82, 2.24) is 0 Å². The lowest BCUT2D eigenvalue weighted by Gasteiger charge is -2.14. The van der Waals surface area contributed by atoms with E-state index >= 15 is 0 Å². The summed E-state index contributed by atoms with van der Waals surface area (Å²) in [5.41, 5.74) is 0.667. The molecule has 1 rings (SSSR count). The van der Waals surface area contributed by atoms with E-state index < -0.39 is 12.0 Å². The van der Waals surface area contributed by atoms with Gasteiger partial charge in [-0.25, -0.2) is 4.79 Å². The molecule has 1 atom stereocenters. The summed E-state index contributed by atoms with van der Waals surface area (Å²) in [6.45, 7) is 1.80. The van der Waals surface area contributed by atoms with Gasteiger partial charge in [0.1, 0.15) is 11.8 Å². The molecule has 0 saturated heterocycles. The third-order valence-electron chi connectivity index (χ3n) is 2.20. The van der Waals surface area contributed by atoms with E-state index in [0.29, 0.717) is 22.9 Å². The average molecular weight is 244 g/mol. The van der Waals surface area contributed by atoms with Crippen LogP contribution in [0.15, 0.2) is 18.2 Å². The standard InChI is InChI=1S/C11H14ClNO3/c1-3-9(11(14)15)13-7-4-5-10(16-2)8(12)6-7/h4-6,9,13H,3H2,1-2H3,(H,14,15). The highest BCUT2D eigenvalue weighted by molar-refractivity contribution is 6.32. The zero-order valence-electron chi connectivity index (χ0n) is 9.16. The maximum Gasteiger partial charge on any atom is 0.326 e. The monoisotopic (exact) mass is 243 g/mol. The lowest BCUT2D eigenvalue weighted by molar-refractivity contribution is -0.137. The number of carbonyl (C=O) groups is 1. The third kappa shape index (κ3) is 3.03. The zero-order chi connectivity index (χ0) is 12.1. The molecule has 0 aromatic heterocycles. The van der Waals surface area contributed by atoms with E-state index in [0.717, 1.165) is 0 Å². The van der Waals surface area contributed by atoms with Crippen LogP contribution >= 0.6 is 11.6 Å². The number of methoxy groups -OCH3 is 1. The van der Waals surface area contributed by atoms with Crippen LogP contribution in [-0.4, -0.2) is 24.2 Å². The van der Waals surface area contributed by atoms with E-state index in [2.05, 4.69) is 5.32 Å². The Morgan fingerprint density at radius 1 is 1.62 bits per heavy atom. The molecule has 0 amide bonds. The van der Waals surface area contributed by atoms with Gasteiger partial charge in [-0.1, -0.05) is 18.5 Å². The zero-order valence-corrected chi connectivity index (χ0v) is 9.91. The number of anilines is 1. The Labute approximate surface area is 99.2 Å². The lowest BCUT2D eigenvalue weighted by Crippen LogP contribution is -2.28. The maximum atomic E-state index is 10.8. The summed E-state index contributed by atoms with van der Waals surface area (Å²) in [7, 11) is 1.53. The molecule has 4 nitrogen and oxygen atoms in total. The van der Waals surface area contributed by atoms with Gasteiger partial charge in [0.25, 0.3) is 0 Å². The number of hydrogen-bond acceptors (Lipinski definition) is 3. The molecule has 0 radical (unpaired) electrons. The first kappa shape index (κ1) is 12.6. The average Bonchev–Trinajstić information content (AvgIpc) is 2.25. The number of carboxylic acid groups (broad SMARTS) is 1. The fourth-order valence-electron chi connectivity index (χ4n) is 1.30. The molecule has 0 aliphatic carbocycles. The molecule has 0 bridgehead atoms. The highest BCUT2D eigenvalue weighted by Gasteiger charge is 2.14. The van der Waals surface area contributed by atoms with Gasteiger partial charge in [-0.2, -0.15) is 0 Å². The van der Waals surface area contributed by atoms with Crippen molar-refractivity contribution >= 4 is 23.3 Å². The van der Waals surface area contributed by atoms with Gasteiger partial charge in [0.2, 0.25) is 0 Å². The molecular formula is C11H14ClNO3. The number of rotatable bonds is 5. The summed E-state index contributed by atoms with van der Waals surface area (Å²) >= 11 is 5.92. The van der Waals surface area contributed by atoms with Crippen molar-refractivity contribution in [3.8, 4) is 5.75 Å². The molecular weight excluding hydrogens is 230 g/mol. The summed E-state index contributed by atoms with van der Waals surface area (Å²) in [5, 5.41) is 12.2. The van der Waals surface area contributed by atoms with E-state index in [4.69, 9.17) is 21.4 Å². The van der Waals surface area contributed by atoms with Crippen molar-refractivity contribution < 1.29 is 14.6 Å². The number of carboxylic acids is 1. The maximum absolute atomic E-state index is 10.8. The minimum absolute atomic E-state index is 0.452. The Hall–Kier alpha value is -1.42. The molecule has 1 aromatic carbocycles. The smallest absolute Gasteiger partial charge is 0.326 e. The molecule has 0 heterocycles. The fourth-order valence-corrected chi connectivity index (χ4v) is 1.55. The molecule has 1 unspecified atom stereocenters. The van der Waals surface area contributed by atoms with Gasteiger partial charge in [-0.05, 0) is 24.6 Å². The van der Waals surface area contributed by atoms with Crippen molar-refractivity contribution in [2.75, 3.05) is 12.4 Å². The van der Waals surface area contributed by atoms with Gasteiger partial charge >= 0.3 is 5.97 Å². The van der Waals surface area contributed by atoms with Crippen LogP contribution in [-0.2, 0) is 4.79 Å². The van der Waals surface area contributed by atoms with Crippen LogP contribution in [0.5, 0.6) is 5.75 Å². The van der Waals surface area contributed by atoms with E-state index in [1.54, 1.807) is 25.1 Å². The molecule has 0 saturated carbocycles. The van der Waals surface area contributed by atoms with Gasteiger partial charge < -0.3 is 15.2 Å².